The minimum Gasteiger partial charge on any atom is -0.300 e. The Morgan fingerprint density at radius 3 is 2.32 bits per heavy atom. The molecule has 0 radical (unpaired) electrons. The third-order valence-corrected chi connectivity index (χ3v) is 4.77. The van der Waals surface area contributed by atoms with Gasteiger partial charge >= 0.3 is 0 Å². The standard InChI is InChI=1S/C21H21NO3/c1-3-16(24)13-18(15-9-5-4-6-10-15)20-21(25)17-11-7-8-12-19(17)22(20)14(2)23/h4-12,18,20H,3,13H2,1-2H3/t18-,20+/m0/s1. The Kier molecular flexibility index (Phi) is 4.79. The number of hydrogen-bond donors (Lipinski definition) is 0. The molecule has 0 unspecified atom stereocenters. The molecule has 25 heavy (non-hydrogen) atoms. The van der Waals surface area contributed by atoms with Crippen LogP contribution in [0.2, 0.25) is 0 Å². The molecule has 0 bridgehead atoms. The van der Waals surface area contributed by atoms with Gasteiger partial charge in [0, 0.05) is 31.2 Å². The number of benzene rings is 2. The van der Waals surface area contributed by atoms with E-state index in [2.05, 4.69) is 0 Å². The Hall–Kier alpha value is -2.75. The molecule has 0 saturated heterocycles. The number of carbonyl (C=O) groups is 3. The van der Waals surface area contributed by atoms with Crippen LogP contribution in [0, 0.1) is 0 Å². The van der Waals surface area contributed by atoms with E-state index >= 15 is 0 Å². The maximum absolute atomic E-state index is 13.1. The van der Waals surface area contributed by atoms with Gasteiger partial charge in [-0.15, -0.1) is 0 Å². The topological polar surface area (TPSA) is 54.5 Å². The Morgan fingerprint density at radius 1 is 1.04 bits per heavy atom. The van der Waals surface area contributed by atoms with Gasteiger partial charge < -0.3 is 4.90 Å². The molecule has 4 heteroatoms. The molecule has 2 aromatic rings. The number of amides is 1. The van der Waals surface area contributed by atoms with Crippen molar-refractivity contribution in [1.29, 1.82) is 0 Å². The zero-order chi connectivity index (χ0) is 18.0. The van der Waals surface area contributed by atoms with Gasteiger partial charge in [0.25, 0.3) is 0 Å². The highest BCUT2D eigenvalue weighted by molar-refractivity contribution is 6.18. The third kappa shape index (κ3) is 3.12. The molecule has 1 aliphatic heterocycles. The summed E-state index contributed by atoms with van der Waals surface area (Å²) in [4.78, 5) is 39.2. The van der Waals surface area contributed by atoms with Gasteiger partial charge in [0.1, 0.15) is 11.8 Å². The number of fused-ring (bicyclic) bond motifs is 1. The van der Waals surface area contributed by atoms with Crippen molar-refractivity contribution in [3.8, 4) is 0 Å². The van der Waals surface area contributed by atoms with Gasteiger partial charge in [0.2, 0.25) is 5.91 Å². The zero-order valence-electron chi connectivity index (χ0n) is 14.4. The molecule has 0 aromatic heterocycles. The van der Waals surface area contributed by atoms with Crippen molar-refractivity contribution in [2.75, 3.05) is 4.90 Å². The third-order valence-electron chi connectivity index (χ3n) is 4.77. The molecule has 4 nitrogen and oxygen atoms in total. The normalized spacial score (nSPS) is 17.3. The Bertz CT molecular complexity index is 813. The Morgan fingerprint density at radius 2 is 1.68 bits per heavy atom. The highest BCUT2D eigenvalue weighted by Gasteiger charge is 2.44. The lowest BCUT2D eigenvalue weighted by atomic mass is 9.84. The van der Waals surface area contributed by atoms with Gasteiger partial charge in [-0.2, -0.15) is 0 Å². The molecule has 0 N–H and O–H groups in total. The van der Waals surface area contributed by atoms with E-state index in [9.17, 15) is 14.4 Å². The number of anilines is 1. The number of carbonyl (C=O) groups excluding carboxylic acids is 3. The van der Waals surface area contributed by atoms with Crippen LogP contribution in [0.4, 0.5) is 5.69 Å². The smallest absolute Gasteiger partial charge is 0.224 e. The highest BCUT2D eigenvalue weighted by Crippen LogP contribution is 2.40. The van der Waals surface area contributed by atoms with Crippen LogP contribution in [-0.4, -0.2) is 23.5 Å². The largest absolute Gasteiger partial charge is 0.300 e. The fraction of sp³-hybridized carbons (Fsp3) is 0.286. The van der Waals surface area contributed by atoms with Crippen LogP contribution < -0.4 is 4.90 Å². The molecule has 2 aromatic carbocycles. The fourth-order valence-electron chi connectivity index (χ4n) is 3.55. The maximum Gasteiger partial charge on any atom is 0.224 e. The summed E-state index contributed by atoms with van der Waals surface area (Å²) < 4.78 is 0. The van der Waals surface area contributed by atoms with E-state index in [4.69, 9.17) is 0 Å². The summed E-state index contributed by atoms with van der Waals surface area (Å²) >= 11 is 0. The molecule has 0 fully saturated rings. The fourth-order valence-corrected chi connectivity index (χ4v) is 3.55. The summed E-state index contributed by atoms with van der Waals surface area (Å²) in [5.74, 6) is -0.546. The van der Waals surface area contributed by atoms with Crippen molar-refractivity contribution in [3.05, 3.63) is 65.7 Å². The van der Waals surface area contributed by atoms with Gasteiger partial charge in [0.05, 0.1) is 5.69 Å². The Balaban J connectivity index is 2.10. The first-order valence-electron chi connectivity index (χ1n) is 8.54. The van der Waals surface area contributed by atoms with Crippen LogP contribution in [0.25, 0.3) is 0 Å². The van der Waals surface area contributed by atoms with E-state index in [1.807, 2.05) is 43.3 Å². The molecule has 1 aliphatic rings. The minimum absolute atomic E-state index is 0.0844. The van der Waals surface area contributed by atoms with Crippen LogP contribution in [0.15, 0.2) is 54.6 Å². The van der Waals surface area contributed by atoms with Crippen LogP contribution >= 0.6 is 0 Å². The second kappa shape index (κ2) is 7.01. The van der Waals surface area contributed by atoms with E-state index < -0.39 is 6.04 Å². The molecule has 1 heterocycles. The summed E-state index contributed by atoms with van der Waals surface area (Å²) in [5, 5.41) is 0. The van der Waals surface area contributed by atoms with Crippen molar-refractivity contribution in [1.82, 2.24) is 0 Å². The first kappa shape index (κ1) is 17.1. The lowest BCUT2D eigenvalue weighted by molar-refractivity contribution is -0.120. The number of ketones is 2. The molecular weight excluding hydrogens is 314 g/mol. The average Bonchev–Trinajstić information content (AvgIpc) is 2.93. The van der Waals surface area contributed by atoms with Gasteiger partial charge in [-0.3, -0.25) is 14.4 Å². The SMILES string of the molecule is CCC(=O)C[C@@H](c1ccccc1)[C@@H]1C(=O)c2ccccc2N1C(C)=O. The van der Waals surface area contributed by atoms with Gasteiger partial charge in [0.15, 0.2) is 5.78 Å². The molecule has 0 aliphatic carbocycles. The van der Waals surface area contributed by atoms with E-state index in [-0.39, 0.29) is 29.8 Å². The second-order valence-electron chi connectivity index (χ2n) is 6.33. The van der Waals surface area contributed by atoms with Crippen molar-refractivity contribution < 1.29 is 14.4 Å². The Labute approximate surface area is 147 Å². The van der Waals surface area contributed by atoms with Crippen molar-refractivity contribution >= 4 is 23.2 Å². The van der Waals surface area contributed by atoms with Crippen LogP contribution in [0.3, 0.4) is 0 Å². The molecule has 0 saturated carbocycles. The molecule has 2 atom stereocenters. The lowest BCUT2D eigenvalue weighted by Crippen LogP contribution is -2.43. The van der Waals surface area contributed by atoms with Crippen LogP contribution in [-0.2, 0) is 9.59 Å². The maximum atomic E-state index is 13.1. The monoisotopic (exact) mass is 335 g/mol. The van der Waals surface area contributed by atoms with Gasteiger partial charge in [-0.05, 0) is 17.7 Å². The van der Waals surface area contributed by atoms with E-state index in [1.54, 1.807) is 23.1 Å². The quantitative estimate of drug-likeness (QED) is 0.836. The molecule has 0 spiro atoms. The molecule has 1 amide bonds. The summed E-state index contributed by atoms with van der Waals surface area (Å²) in [5.41, 5.74) is 2.09. The van der Waals surface area contributed by atoms with Crippen molar-refractivity contribution in [3.63, 3.8) is 0 Å². The second-order valence-corrected chi connectivity index (χ2v) is 6.33. The zero-order valence-corrected chi connectivity index (χ0v) is 14.4. The number of para-hydroxylation sites is 1. The molecule has 3 rings (SSSR count). The predicted octanol–water partition coefficient (Wildman–Crippen LogP) is 3.76. The number of rotatable bonds is 5. The summed E-state index contributed by atoms with van der Waals surface area (Å²) in [6, 6.07) is 16.0. The van der Waals surface area contributed by atoms with Crippen LogP contribution in [0.1, 0.15) is 48.5 Å². The first-order chi connectivity index (χ1) is 12.0. The number of nitrogens with zero attached hydrogens (tertiary/aromatic N) is 1. The summed E-state index contributed by atoms with van der Waals surface area (Å²) in [7, 11) is 0. The van der Waals surface area contributed by atoms with E-state index in [0.717, 1.165) is 5.56 Å². The summed E-state index contributed by atoms with van der Waals surface area (Å²) in [6.07, 6.45) is 0.659. The average molecular weight is 335 g/mol. The minimum atomic E-state index is -0.673. The summed E-state index contributed by atoms with van der Waals surface area (Å²) in [6.45, 7) is 3.28. The predicted molar refractivity (Wildman–Crippen MR) is 96.8 cm³/mol. The van der Waals surface area contributed by atoms with Crippen molar-refractivity contribution in [2.24, 2.45) is 0 Å². The van der Waals surface area contributed by atoms with Crippen molar-refractivity contribution in [2.45, 2.75) is 38.6 Å². The van der Waals surface area contributed by atoms with Crippen LogP contribution in [0.5, 0.6) is 0 Å². The highest BCUT2D eigenvalue weighted by atomic mass is 16.2. The van der Waals surface area contributed by atoms with Gasteiger partial charge in [-0.1, -0.05) is 49.4 Å². The number of hydrogen-bond acceptors (Lipinski definition) is 3. The molecular formula is C21H21NO3. The van der Waals surface area contributed by atoms with Gasteiger partial charge in [-0.25, -0.2) is 0 Å². The van der Waals surface area contributed by atoms with E-state index in [0.29, 0.717) is 17.7 Å². The first-order valence-corrected chi connectivity index (χ1v) is 8.54. The lowest BCUT2D eigenvalue weighted by Gasteiger charge is -2.30. The molecule has 128 valence electrons. The number of Topliss-reactive ketones (excluding diaryl/α,β-unsaturated/α-hetero) is 2. The van der Waals surface area contributed by atoms with E-state index in [1.165, 1.54) is 6.92 Å².